The maximum absolute atomic E-state index is 9.99. The quantitative estimate of drug-likeness (QED) is 0.555. The highest BCUT2D eigenvalue weighted by Gasteiger charge is 2.12. The first-order valence-corrected chi connectivity index (χ1v) is 3.62. The van der Waals surface area contributed by atoms with Crippen LogP contribution in [0.25, 0.3) is 0 Å². The van der Waals surface area contributed by atoms with Gasteiger partial charge in [0.25, 0.3) is 0 Å². The molecule has 0 heterocycles. The number of aliphatic carboxylic acids is 1. The van der Waals surface area contributed by atoms with E-state index >= 15 is 0 Å². The molecular formula is C4H8O4S. The molecule has 0 aliphatic carbocycles. The molecule has 9 heavy (non-hydrogen) atoms. The Kier molecular flexibility index (Phi) is 3.41. The lowest BCUT2D eigenvalue weighted by atomic mass is 10.2. The van der Waals surface area contributed by atoms with Crippen molar-refractivity contribution in [2.75, 3.05) is 5.75 Å². The first-order chi connectivity index (χ1) is 4.04. The van der Waals surface area contributed by atoms with Crippen molar-refractivity contribution in [2.24, 2.45) is 5.92 Å². The lowest BCUT2D eigenvalue weighted by Gasteiger charge is -1.99. The van der Waals surface area contributed by atoms with E-state index in [1.54, 1.807) is 0 Å². The largest absolute Gasteiger partial charge is 0.481 e. The predicted molar refractivity (Wildman–Crippen MR) is 32.4 cm³/mol. The van der Waals surface area contributed by atoms with Crippen molar-refractivity contribution >= 4 is 17.0 Å². The third-order valence-corrected chi connectivity index (χ3v) is 1.60. The highest BCUT2D eigenvalue weighted by Crippen LogP contribution is 1.95. The molecule has 0 rings (SSSR count). The molecule has 0 radical (unpaired) electrons. The number of hydrogen-bond acceptors (Lipinski definition) is 2. The molecular weight excluding hydrogens is 144 g/mol. The van der Waals surface area contributed by atoms with Crippen LogP contribution in [0.15, 0.2) is 0 Å². The summed E-state index contributed by atoms with van der Waals surface area (Å²) in [6.45, 7) is 1.39. The van der Waals surface area contributed by atoms with Crippen LogP contribution in [0.2, 0.25) is 0 Å². The second-order valence-corrected chi connectivity index (χ2v) is 2.70. The van der Waals surface area contributed by atoms with E-state index in [4.69, 9.17) is 9.66 Å². The summed E-state index contributed by atoms with van der Waals surface area (Å²) in [5.41, 5.74) is 0. The minimum atomic E-state index is -2.00. The highest BCUT2D eigenvalue weighted by atomic mass is 32.2. The highest BCUT2D eigenvalue weighted by molar-refractivity contribution is 7.79. The van der Waals surface area contributed by atoms with Gasteiger partial charge in [0.05, 0.1) is 11.7 Å². The Morgan fingerprint density at radius 3 is 2.33 bits per heavy atom. The zero-order chi connectivity index (χ0) is 7.44. The Bertz CT molecular complexity index is 133. The lowest BCUT2D eigenvalue weighted by Crippen LogP contribution is -2.16. The number of rotatable bonds is 3. The van der Waals surface area contributed by atoms with Crippen LogP contribution in [-0.4, -0.2) is 25.6 Å². The zero-order valence-electron chi connectivity index (χ0n) is 4.90. The Morgan fingerprint density at radius 2 is 2.22 bits per heavy atom. The number of carboxylic acids is 1. The molecule has 0 aromatic rings. The molecule has 0 aliphatic rings. The number of carbonyl (C=O) groups is 1. The molecule has 0 bridgehead atoms. The van der Waals surface area contributed by atoms with Crippen LogP contribution < -0.4 is 0 Å². The molecule has 0 saturated heterocycles. The summed E-state index contributed by atoms with van der Waals surface area (Å²) in [7, 11) is 0. The van der Waals surface area contributed by atoms with Gasteiger partial charge in [-0.15, -0.1) is 0 Å². The average Bonchev–Trinajstić information content (AvgIpc) is 1.63. The van der Waals surface area contributed by atoms with E-state index < -0.39 is 23.0 Å². The molecule has 54 valence electrons. The molecule has 5 heteroatoms. The molecule has 2 N–H and O–H groups in total. The van der Waals surface area contributed by atoms with Gasteiger partial charge in [-0.2, -0.15) is 0 Å². The molecule has 0 amide bonds. The monoisotopic (exact) mass is 152 g/mol. The third-order valence-electron chi connectivity index (χ3n) is 0.814. The van der Waals surface area contributed by atoms with Crippen LogP contribution in [-0.2, 0) is 15.9 Å². The second kappa shape index (κ2) is 3.58. The Balaban J connectivity index is 3.63. The van der Waals surface area contributed by atoms with Gasteiger partial charge in [0.1, 0.15) is 0 Å². The van der Waals surface area contributed by atoms with E-state index in [1.165, 1.54) is 6.92 Å². The summed E-state index contributed by atoms with van der Waals surface area (Å²) >= 11 is -2.00. The van der Waals surface area contributed by atoms with Crippen molar-refractivity contribution < 1.29 is 18.7 Å². The van der Waals surface area contributed by atoms with Crippen LogP contribution in [0.3, 0.4) is 0 Å². The molecule has 2 atom stereocenters. The third kappa shape index (κ3) is 4.11. The smallest absolute Gasteiger partial charge is 0.307 e. The van der Waals surface area contributed by atoms with Gasteiger partial charge in [0.15, 0.2) is 11.1 Å². The van der Waals surface area contributed by atoms with Gasteiger partial charge in [0, 0.05) is 0 Å². The van der Waals surface area contributed by atoms with Crippen LogP contribution in [0.4, 0.5) is 0 Å². The van der Waals surface area contributed by atoms with Crippen molar-refractivity contribution in [3.8, 4) is 0 Å². The fraction of sp³-hybridized carbons (Fsp3) is 0.750. The topological polar surface area (TPSA) is 74.6 Å². The first kappa shape index (κ1) is 8.58. The predicted octanol–water partition coefficient (Wildman–Crippen LogP) is -0.0712. The van der Waals surface area contributed by atoms with Gasteiger partial charge in [-0.25, -0.2) is 4.21 Å². The maximum atomic E-state index is 9.99. The molecule has 0 aromatic carbocycles. The van der Waals surface area contributed by atoms with Gasteiger partial charge in [-0.3, -0.25) is 4.79 Å². The van der Waals surface area contributed by atoms with Crippen LogP contribution in [0, 0.1) is 5.92 Å². The SMILES string of the molecule is C[C@@H](CS(=O)O)C(=O)O. The molecule has 0 fully saturated rings. The van der Waals surface area contributed by atoms with E-state index in [1.807, 2.05) is 0 Å². The average molecular weight is 152 g/mol. The summed E-state index contributed by atoms with van der Waals surface area (Å²) in [5.74, 6) is -1.98. The zero-order valence-corrected chi connectivity index (χ0v) is 5.72. The first-order valence-electron chi connectivity index (χ1n) is 2.34. The number of hydrogen-bond donors (Lipinski definition) is 2. The van der Waals surface area contributed by atoms with Crippen LogP contribution in [0.1, 0.15) is 6.92 Å². The van der Waals surface area contributed by atoms with Crippen molar-refractivity contribution in [1.82, 2.24) is 0 Å². The number of carboxylic acid groups (broad SMARTS) is 1. The van der Waals surface area contributed by atoms with Gasteiger partial charge >= 0.3 is 5.97 Å². The van der Waals surface area contributed by atoms with Crippen molar-refractivity contribution in [3.63, 3.8) is 0 Å². The van der Waals surface area contributed by atoms with Gasteiger partial charge in [0.2, 0.25) is 0 Å². The van der Waals surface area contributed by atoms with E-state index in [-0.39, 0.29) is 5.75 Å². The summed E-state index contributed by atoms with van der Waals surface area (Å²) in [6, 6.07) is 0. The van der Waals surface area contributed by atoms with Crippen LogP contribution >= 0.6 is 0 Å². The second-order valence-electron chi connectivity index (χ2n) is 1.73. The molecule has 0 aliphatic heterocycles. The molecule has 1 unspecified atom stereocenters. The van der Waals surface area contributed by atoms with Crippen molar-refractivity contribution in [1.29, 1.82) is 0 Å². The van der Waals surface area contributed by atoms with E-state index in [9.17, 15) is 9.00 Å². The fourth-order valence-electron chi connectivity index (χ4n) is 0.285. The molecule has 0 spiro atoms. The molecule has 0 saturated carbocycles. The Morgan fingerprint density at radius 1 is 1.78 bits per heavy atom. The normalized spacial score (nSPS) is 16.7. The van der Waals surface area contributed by atoms with Gasteiger partial charge in [-0.05, 0) is 0 Å². The summed E-state index contributed by atoms with van der Waals surface area (Å²) < 4.78 is 18.1. The minimum absolute atomic E-state index is 0.199. The Hall–Kier alpha value is -0.420. The van der Waals surface area contributed by atoms with Crippen molar-refractivity contribution in [2.45, 2.75) is 6.92 Å². The van der Waals surface area contributed by atoms with Gasteiger partial charge < -0.3 is 9.66 Å². The molecule has 0 aromatic heterocycles. The van der Waals surface area contributed by atoms with Crippen molar-refractivity contribution in [3.05, 3.63) is 0 Å². The van der Waals surface area contributed by atoms with E-state index in [0.29, 0.717) is 0 Å². The van der Waals surface area contributed by atoms with Crippen LogP contribution in [0.5, 0.6) is 0 Å². The summed E-state index contributed by atoms with van der Waals surface area (Å²) in [5, 5.41) is 8.19. The summed E-state index contributed by atoms with van der Waals surface area (Å²) in [6.07, 6.45) is 0. The van der Waals surface area contributed by atoms with E-state index in [0.717, 1.165) is 0 Å². The Labute approximate surface area is 55.2 Å². The van der Waals surface area contributed by atoms with E-state index in [2.05, 4.69) is 0 Å². The van der Waals surface area contributed by atoms with Gasteiger partial charge in [-0.1, -0.05) is 6.92 Å². The standard InChI is InChI=1S/C4H8O4S/c1-3(4(5)6)2-9(7)8/h3H,2H2,1H3,(H,5,6)(H,7,8)/t3-/m0/s1. The maximum Gasteiger partial charge on any atom is 0.307 e. The summed E-state index contributed by atoms with van der Waals surface area (Å²) in [4.78, 5) is 9.99. The lowest BCUT2D eigenvalue weighted by molar-refractivity contribution is -0.140. The fourth-order valence-corrected chi connectivity index (χ4v) is 0.855. The molecule has 4 nitrogen and oxygen atoms in total. The minimum Gasteiger partial charge on any atom is -0.481 e.